The highest BCUT2D eigenvalue weighted by molar-refractivity contribution is 6.31. The molecule has 7 nitrogen and oxygen atoms in total. The summed E-state index contributed by atoms with van der Waals surface area (Å²) in [6.07, 6.45) is 5.08. The van der Waals surface area contributed by atoms with Crippen molar-refractivity contribution in [3.63, 3.8) is 0 Å². The normalized spacial score (nSPS) is 19.9. The van der Waals surface area contributed by atoms with E-state index in [1.54, 1.807) is 42.5 Å². The van der Waals surface area contributed by atoms with Crippen LogP contribution in [0, 0.1) is 0 Å². The van der Waals surface area contributed by atoms with E-state index >= 15 is 0 Å². The predicted molar refractivity (Wildman–Crippen MR) is 134 cm³/mol. The minimum Gasteiger partial charge on any atom is -0.375 e. The molecule has 2 aromatic carbocycles. The highest BCUT2D eigenvalue weighted by atomic mass is 35.5. The Balaban J connectivity index is 1.41. The first-order valence-corrected chi connectivity index (χ1v) is 12.3. The maximum absolute atomic E-state index is 13.4. The van der Waals surface area contributed by atoms with Gasteiger partial charge in [-0.3, -0.25) is 14.4 Å². The third kappa shape index (κ3) is 5.89. The minimum absolute atomic E-state index is 0.0362. The number of rotatable bonds is 7. The molecule has 1 saturated heterocycles. The average Bonchev–Trinajstić information content (AvgIpc) is 3.62. The first kappa shape index (κ1) is 24.1. The molecule has 2 aromatic rings. The zero-order valence-electron chi connectivity index (χ0n) is 19.6. The van der Waals surface area contributed by atoms with E-state index in [0.717, 1.165) is 32.1 Å². The first-order valence-electron chi connectivity index (χ1n) is 11.9. The van der Waals surface area contributed by atoms with Crippen LogP contribution < -0.4 is 16.0 Å². The van der Waals surface area contributed by atoms with Crippen molar-refractivity contribution in [2.75, 3.05) is 17.2 Å². The number of amides is 3. The van der Waals surface area contributed by atoms with Gasteiger partial charge >= 0.3 is 0 Å². The van der Waals surface area contributed by atoms with E-state index in [0.29, 0.717) is 27.5 Å². The van der Waals surface area contributed by atoms with Gasteiger partial charge in [0.05, 0.1) is 12.1 Å². The molecule has 0 aromatic heterocycles. The van der Waals surface area contributed by atoms with Gasteiger partial charge in [0.1, 0.15) is 0 Å². The van der Waals surface area contributed by atoms with Crippen LogP contribution in [0.5, 0.6) is 0 Å². The van der Waals surface area contributed by atoms with Gasteiger partial charge in [-0.05, 0) is 82.3 Å². The standard InChI is InChI=1S/C26H31ClN4O3/c1-16-5-3-6-17(2)31(16)26(34)22-14-19(27)9-12-23(22)28-15-24(32)29-21-8-4-7-18(13-21)25(33)30-20-10-11-20/h4,7-9,12-14,16-17,20,28H,3,5-6,10-11,15H2,1-2H3,(H,29,32)(H,30,33). The summed E-state index contributed by atoms with van der Waals surface area (Å²) in [5.41, 5.74) is 2.07. The fraction of sp³-hybridized carbons (Fsp3) is 0.423. The van der Waals surface area contributed by atoms with Crippen molar-refractivity contribution < 1.29 is 14.4 Å². The Labute approximate surface area is 205 Å². The number of piperidine rings is 1. The molecule has 1 saturated carbocycles. The van der Waals surface area contributed by atoms with Gasteiger partial charge in [-0.2, -0.15) is 0 Å². The van der Waals surface area contributed by atoms with E-state index in [4.69, 9.17) is 11.6 Å². The number of carbonyl (C=O) groups excluding carboxylic acids is 3. The van der Waals surface area contributed by atoms with Gasteiger partial charge in [0, 0.05) is 40.1 Å². The molecule has 180 valence electrons. The fourth-order valence-electron chi connectivity index (χ4n) is 4.42. The third-order valence-electron chi connectivity index (χ3n) is 6.40. The van der Waals surface area contributed by atoms with E-state index in [9.17, 15) is 14.4 Å². The van der Waals surface area contributed by atoms with E-state index < -0.39 is 0 Å². The maximum atomic E-state index is 13.4. The van der Waals surface area contributed by atoms with Gasteiger partial charge in [-0.15, -0.1) is 0 Å². The van der Waals surface area contributed by atoms with Crippen molar-refractivity contribution >= 4 is 40.7 Å². The molecule has 4 rings (SSSR count). The van der Waals surface area contributed by atoms with Crippen LogP contribution in [-0.2, 0) is 4.79 Å². The number of carbonyl (C=O) groups is 3. The van der Waals surface area contributed by atoms with Crippen LogP contribution in [0.25, 0.3) is 0 Å². The Hall–Kier alpha value is -3.06. The molecular weight excluding hydrogens is 452 g/mol. The number of anilines is 2. The van der Waals surface area contributed by atoms with Crippen molar-refractivity contribution in [3.8, 4) is 0 Å². The van der Waals surface area contributed by atoms with Crippen molar-refractivity contribution in [1.29, 1.82) is 0 Å². The zero-order chi connectivity index (χ0) is 24.2. The molecule has 2 aliphatic rings. The summed E-state index contributed by atoms with van der Waals surface area (Å²) >= 11 is 6.21. The summed E-state index contributed by atoms with van der Waals surface area (Å²) in [5, 5.41) is 9.31. The number of hydrogen-bond donors (Lipinski definition) is 3. The van der Waals surface area contributed by atoms with Crippen molar-refractivity contribution in [2.45, 2.75) is 64.1 Å². The SMILES string of the molecule is CC1CCCC(C)N1C(=O)c1cc(Cl)ccc1NCC(=O)Nc1cccc(C(=O)NC2CC2)c1. The molecule has 1 heterocycles. The molecule has 1 aliphatic carbocycles. The third-order valence-corrected chi connectivity index (χ3v) is 6.64. The minimum atomic E-state index is -0.284. The lowest BCUT2D eigenvalue weighted by molar-refractivity contribution is -0.114. The second kappa shape index (κ2) is 10.5. The van der Waals surface area contributed by atoms with Crippen molar-refractivity contribution in [2.24, 2.45) is 0 Å². The summed E-state index contributed by atoms with van der Waals surface area (Å²) < 4.78 is 0. The quantitative estimate of drug-likeness (QED) is 0.534. The summed E-state index contributed by atoms with van der Waals surface area (Å²) in [6, 6.07) is 12.5. The van der Waals surface area contributed by atoms with Gasteiger partial charge in [0.25, 0.3) is 11.8 Å². The van der Waals surface area contributed by atoms with Crippen LogP contribution >= 0.6 is 11.6 Å². The van der Waals surface area contributed by atoms with E-state index in [2.05, 4.69) is 29.8 Å². The Morgan fingerprint density at radius 3 is 2.44 bits per heavy atom. The molecule has 0 spiro atoms. The largest absolute Gasteiger partial charge is 0.375 e. The van der Waals surface area contributed by atoms with Crippen LogP contribution in [0.2, 0.25) is 5.02 Å². The fourth-order valence-corrected chi connectivity index (χ4v) is 4.60. The van der Waals surface area contributed by atoms with Crippen LogP contribution in [0.3, 0.4) is 0 Å². The number of benzene rings is 2. The second-order valence-electron chi connectivity index (χ2n) is 9.26. The molecule has 1 aliphatic heterocycles. The van der Waals surface area contributed by atoms with Crippen molar-refractivity contribution in [3.05, 3.63) is 58.6 Å². The predicted octanol–water partition coefficient (Wildman–Crippen LogP) is 4.69. The molecule has 8 heteroatoms. The molecule has 34 heavy (non-hydrogen) atoms. The van der Waals surface area contributed by atoms with Gasteiger partial charge in [0.15, 0.2) is 0 Å². The van der Waals surface area contributed by atoms with Crippen molar-refractivity contribution in [1.82, 2.24) is 10.2 Å². The molecule has 2 atom stereocenters. The molecule has 3 N–H and O–H groups in total. The number of nitrogens with zero attached hydrogens (tertiary/aromatic N) is 1. The number of nitrogens with one attached hydrogen (secondary N) is 3. The average molecular weight is 483 g/mol. The second-order valence-corrected chi connectivity index (χ2v) is 9.70. The number of hydrogen-bond acceptors (Lipinski definition) is 4. The van der Waals surface area contributed by atoms with Crippen LogP contribution in [0.4, 0.5) is 11.4 Å². The van der Waals surface area contributed by atoms with Gasteiger partial charge in [-0.1, -0.05) is 17.7 Å². The Morgan fingerprint density at radius 1 is 1.00 bits per heavy atom. The maximum Gasteiger partial charge on any atom is 0.256 e. The van der Waals surface area contributed by atoms with Crippen LogP contribution in [0.1, 0.15) is 66.7 Å². The Morgan fingerprint density at radius 2 is 1.74 bits per heavy atom. The molecule has 0 bridgehead atoms. The summed E-state index contributed by atoms with van der Waals surface area (Å²) in [4.78, 5) is 40.2. The lowest BCUT2D eigenvalue weighted by Gasteiger charge is -2.39. The molecular formula is C26H31ClN4O3. The van der Waals surface area contributed by atoms with Gasteiger partial charge in [-0.25, -0.2) is 0 Å². The first-order chi connectivity index (χ1) is 16.3. The lowest BCUT2D eigenvalue weighted by atomic mass is 9.96. The summed E-state index contributed by atoms with van der Waals surface area (Å²) in [7, 11) is 0. The van der Waals surface area contributed by atoms with Gasteiger partial charge in [0.2, 0.25) is 5.91 Å². The molecule has 2 fully saturated rings. The monoisotopic (exact) mass is 482 g/mol. The highest BCUT2D eigenvalue weighted by Gasteiger charge is 2.31. The van der Waals surface area contributed by atoms with E-state index in [-0.39, 0.29) is 42.4 Å². The Kier molecular flexibility index (Phi) is 7.41. The summed E-state index contributed by atoms with van der Waals surface area (Å²) in [6.45, 7) is 4.10. The smallest absolute Gasteiger partial charge is 0.256 e. The number of likely N-dealkylation sites (tertiary alicyclic amines) is 1. The Bertz CT molecular complexity index is 1080. The van der Waals surface area contributed by atoms with E-state index in [1.807, 2.05) is 4.90 Å². The van der Waals surface area contributed by atoms with Crippen LogP contribution in [0.15, 0.2) is 42.5 Å². The van der Waals surface area contributed by atoms with Gasteiger partial charge < -0.3 is 20.9 Å². The highest BCUT2D eigenvalue weighted by Crippen LogP contribution is 2.29. The molecule has 3 amide bonds. The number of halogens is 1. The lowest BCUT2D eigenvalue weighted by Crippen LogP contribution is -2.47. The summed E-state index contributed by atoms with van der Waals surface area (Å²) in [5.74, 6) is -0.505. The molecule has 0 radical (unpaired) electrons. The topological polar surface area (TPSA) is 90.5 Å². The van der Waals surface area contributed by atoms with Crippen LogP contribution in [-0.4, -0.2) is 47.3 Å². The molecule has 2 unspecified atom stereocenters. The zero-order valence-corrected chi connectivity index (χ0v) is 20.3. The van der Waals surface area contributed by atoms with E-state index in [1.165, 1.54) is 0 Å².